The maximum Gasteiger partial charge on any atom is 0.240 e. The summed E-state index contributed by atoms with van der Waals surface area (Å²) in [6, 6.07) is 4.76. The molecule has 1 aromatic carbocycles. The van der Waals surface area contributed by atoms with Crippen LogP contribution in [0.3, 0.4) is 0 Å². The first-order chi connectivity index (χ1) is 12.8. The highest BCUT2D eigenvalue weighted by Crippen LogP contribution is 2.33. The zero-order valence-corrected chi connectivity index (χ0v) is 16.4. The molecule has 0 aliphatic carbocycles. The fourth-order valence-electron chi connectivity index (χ4n) is 2.47. The molecule has 27 heavy (non-hydrogen) atoms. The van der Waals surface area contributed by atoms with E-state index in [9.17, 15) is 13.2 Å². The molecular formula is C17H24N4O5S. The minimum atomic E-state index is -3.71. The number of rotatable bonds is 10. The number of ether oxygens (including phenoxy) is 2. The molecule has 0 fully saturated rings. The molecule has 10 heteroatoms. The number of hydrogen-bond acceptors (Lipinski definition) is 6. The Morgan fingerprint density at radius 2 is 2.07 bits per heavy atom. The van der Waals surface area contributed by atoms with Gasteiger partial charge in [-0.05, 0) is 18.6 Å². The Hall–Kier alpha value is -2.75. The lowest BCUT2D eigenvalue weighted by Crippen LogP contribution is -2.41. The van der Waals surface area contributed by atoms with Crippen LogP contribution in [0.15, 0.2) is 36.9 Å². The Bertz CT molecular complexity index is 852. The van der Waals surface area contributed by atoms with Gasteiger partial charge in [-0.15, -0.1) is 0 Å². The third kappa shape index (κ3) is 5.88. The summed E-state index contributed by atoms with van der Waals surface area (Å²) in [6.07, 6.45) is 6.95. The highest BCUT2D eigenvalue weighted by atomic mass is 32.2. The predicted molar refractivity (Wildman–Crippen MR) is 102 cm³/mol. The van der Waals surface area contributed by atoms with E-state index in [1.807, 2.05) is 10.8 Å². The predicted octanol–water partition coefficient (Wildman–Crippen LogP) is 0.873. The van der Waals surface area contributed by atoms with Crippen molar-refractivity contribution >= 4 is 21.6 Å². The number of sulfonamides is 1. The van der Waals surface area contributed by atoms with Crippen molar-refractivity contribution in [2.45, 2.75) is 13.0 Å². The van der Waals surface area contributed by atoms with E-state index in [-0.39, 0.29) is 12.2 Å². The number of amides is 1. The van der Waals surface area contributed by atoms with E-state index in [1.54, 1.807) is 24.7 Å². The average Bonchev–Trinajstić information content (AvgIpc) is 3.15. The number of carbonyl (C=O) groups excluding carboxylic acids is 1. The second-order valence-corrected chi connectivity index (χ2v) is 7.72. The molecule has 2 rings (SSSR count). The smallest absolute Gasteiger partial charge is 0.240 e. The number of anilines is 1. The maximum absolute atomic E-state index is 12.3. The van der Waals surface area contributed by atoms with Gasteiger partial charge in [-0.25, -0.2) is 13.4 Å². The van der Waals surface area contributed by atoms with Crippen LogP contribution in [0.25, 0.3) is 0 Å². The number of benzene rings is 1. The monoisotopic (exact) mass is 396 g/mol. The Balaban J connectivity index is 2.05. The summed E-state index contributed by atoms with van der Waals surface area (Å²) in [5.41, 5.74) is 0.243. The Labute approximate surface area is 159 Å². The summed E-state index contributed by atoms with van der Waals surface area (Å²) in [5, 5.41) is 2.73. The van der Waals surface area contributed by atoms with E-state index in [4.69, 9.17) is 9.47 Å². The highest BCUT2D eigenvalue weighted by molar-refractivity contribution is 7.92. The lowest BCUT2D eigenvalue weighted by Gasteiger charge is -2.24. The van der Waals surface area contributed by atoms with Crippen LogP contribution in [-0.2, 0) is 21.4 Å². The maximum atomic E-state index is 12.3. The first-order valence-electron chi connectivity index (χ1n) is 8.27. The van der Waals surface area contributed by atoms with Crippen LogP contribution < -0.4 is 19.1 Å². The van der Waals surface area contributed by atoms with Crippen LogP contribution >= 0.6 is 0 Å². The molecule has 2 aromatic rings. The van der Waals surface area contributed by atoms with E-state index < -0.39 is 15.9 Å². The SMILES string of the molecule is COc1ccc(OC)c(N(CC(=O)NCCCn2ccnc2)S(C)(=O)=O)c1. The van der Waals surface area contributed by atoms with Crippen molar-refractivity contribution in [3.8, 4) is 11.5 Å². The van der Waals surface area contributed by atoms with Crippen LogP contribution in [0.4, 0.5) is 5.69 Å². The van der Waals surface area contributed by atoms with E-state index in [0.717, 1.165) is 10.6 Å². The largest absolute Gasteiger partial charge is 0.497 e. The molecule has 0 aliphatic rings. The van der Waals surface area contributed by atoms with Crippen LogP contribution in [-0.4, -0.2) is 57.4 Å². The van der Waals surface area contributed by atoms with Crippen LogP contribution in [0, 0.1) is 0 Å². The first kappa shape index (κ1) is 20.6. The van der Waals surface area contributed by atoms with Gasteiger partial charge >= 0.3 is 0 Å². The summed E-state index contributed by atoms with van der Waals surface area (Å²) >= 11 is 0. The molecule has 0 bridgehead atoms. The van der Waals surface area contributed by atoms with Crippen molar-refractivity contribution < 1.29 is 22.7 Å². The van der Waals surface area contributed by atoms with E-state index in [1.165, 1.54) is 20.3 Å². The first-order valence-corrected chi connectivity index (χ1v) is 10.1. The van der Waals surface area contributed by atoms with Crippen molar-refractivity contribution in [3.05, 3.63) is 36.9 Å². The fourth-order valence-corrected chi connectivity index (χ4v) is 3.32. The van der Waals surface area contributed by atoms with Gasteiger partial charge in [-0.1, -0.05) is 0 Å². The second kappa shape index (κ2) is 9.26. The molecule has 0 aliphatic heterocycles. The van der Waals surface area contributed by atoms with Gasteiger partial charge in [0, 0.05) is 31.5 Å². The molecule has 0 saturated heterocycles. The molecule has 1 N–H and O–H groups in total. The Morgan fingerprint density at radius 1 is 1.30 bits per heavy atom. The molecule has 1 heterocycles. The standard InChI is InChI=1S/C17H24N4O5S/c1-25-14-5-6-16(26-2)15(11-14)21(27(3,23)24)12-17(22)19-7-4-9-20-10-8-18-13-20/h5-6,8,10-11,13H,4,7,9,12H2,1-3H3,(H,19,22). The van der Waals surface area contributed by atoms with Gasteiger partial charge in [-0.2, -0.15) is 0 Å². The molecule has 0 unspecified atom stereocenters. The number of aromatic nitrogens is 2. The number of hydrogen-bond donors (Lipinski definition) is 1. The minimum absolute atomic E-state index is 0.243. The molecule has 0 radical (unpaired) electrons. The summed E-state index contributed by atoms with van der Waals surface area (Å²) in [7, 11) is -0.804. The molecule has 1 amide bonds. The molecule has 0 spiro atoms. The lowest BCUT2D eigenvalue weighted by atomic mass is 10.2. The van der Waals surface area contributed by atoms with Crippen molar-refractivity contribution in [2.24, 2.45) is 0 Å². The number of nitrogens with zero attached hydrogens (tertiary/aromatic N) is 3. The number of carbonyl (C=O) groups is 1. The topological polar surface area (TPSA) is 103 Å². The molecule has 148 valence electrons. The van der Waals surface area contributed by atoms with Gasteiger partial charge in [-0.3, -0.25) is 9.10 Å². The van der Waals surface area contributed by atoms with Gasteiger partial charge < -0.3 is 19.4 Å². The second-order valence-electron chi connectivity index (χ2n) is 5.81. The van der Waals surface area contributed by atoms with E-state index >= 15 is 0 Å². The van der Waals surface area contributed by atoms with Crippen molar-refractivity contribution in [2.75, 3.05) is 37.9 Å². The van der Waals surface area contributed by atoms with Crippen molar-refractivity contribution in [1.29, 1.82) is 0 Å². The third-order valence-corrected chi connectivity index (χ3v) is 4.94. The lowest BCUT2D eigenvalue weighted by molar-refractivity contribution is -0.119. The van der Waals surface area contributed by atoms with Crippen LogP contribution in [0.5, 0.6) is 11.5 Å². The van der Waals surface area contributed by atoms with Crippen LogP contribution in [0.2, 0.25) is 0 Å². The van der Waals surface area contributed by atoms with E-state index in [2.05, 4.69) is 10.3 Å². The third-order valence-electron chi connectivity index (χ3n) is 3.82. The Morgan fingerprint density at radius 3 is 2.67 bits per heavy atom. The van der Waals surface area contributed by atoms with Crippen LogP contribution in [0.1, 0.15) is 6.42 Å². The summed E-state index contributed by atoms with van der Waals surface area (Å²) < 4.78 is 37.8. The molecular weight excluding hydrogens is 372 g/mol. The average molecular weight is 396 g/mol. The summed E-state index contributed by atoms with van der Waals surface area (Å²) in [4.78, 5) is 16.2. The number of aryl methyl sites for hydroxylation is 1. The number of nitrogens with one attached hydrogen (secondary N) is 1. The number of imidazole rings is 1. The van der Waals surface area contributed by atoms with Crippen molar-refractivity contribution in [1.82, 2.24) is 14.9 Å². The normalized spacial score (nSPS) is 11.1. The van der Waals surface area contributed by atoms with E-state index in [0.29, 0.717) is 31.0 Å². The van der Waals surface area contributed by atoms with Gasteiger partial charge in [0.15, 0.2) is 0 Å². The van der Waals surface area contributed by atoms with Crippen molar-refractivity contribution in [3.63, 3.8) is 0 Å². The van der Waals surface area contributed by atoms with Gasteiger partial charge in [0.25, 0.3) is 0 Å². The zero-order chi connectivity index (χ0) is 19.9. The minimum Gasteiger partial charge on any atom is -0.497 e. The van der Waals surface area contributed by atoms with Gasteiger partial charge in [0.2, 0.25) is 15.9 Å². The zero-order valence-electron chi connectivity index (χ0n) is 15.6. The molecule has 0 saturated carbocycles. The van der Waals surface area contributed by atoms with Gasteiger partial charge in [0.05, 0.1) is 32.5 Å². The number of methoxy groups -OCH3 is 2. The Kier molecular flexibility index (Phi) is 7.05. The summed E-state index contributed by atoms with van der Waals surface area (Å²) in [6.45, 7) is 0.775. The summed E-state index contributed by atoms with van der Waals surface area (Å²) in [5.74, 6) is 0.380. The highest BCUT2D eigenvalue weighted by Gasteiger charge is 2.24. The molecule has 0 atom stereocenters. The van der Waals surface area contributed by atoms with Gasteiger partial charge in [0.1, 0.15) is 18.0 Å². The molecule has 1 aromatic heterocycles. The quantitative estimate of drug-likeness (QED) is 0.598. The fraction of sp³-hybridized carbons (Fsp3) is 0.412. The molecule has 9 nitrogen and oxygen atoms in total.